The van der Waals surface area contributed by atoms with Gasteiger partial charge in [0, 0.05) is 35.6 Å². The van der Waals surface area contributed by atoms with Gasteiger partial charge < -0.3 is 20.3 Å². The largest absolute Gasteiger partial charge is 0.359 e. The first-order chi connectivity index (χ1) is 19.3. The van der Waals surface area contributed by atoms with Crippen LogP contribution in [0.15, 0.2) is 65.8 Å². The molecule has 8 nitrogen and oxygen atoms in total. The summed E-state index contributed by atoms with van der Waals surface area (Å²) >= 11 is 1.59. The fraction of sp³-hybridized carbons (Fsp3) is 0.484. The van der Waals surface area contributed by atoms with E-state index in [1.807, 2.05) is 54.8 Å². The molecular formula is C31H36N4O4S. The Balaban J connectivity index is 1.32. The van der Waals surface area contributed by atoms with Crippen LogP contribution in [0, 0.1) is 23.7 Å². The Kier molecular flexibility index (Phi) is 7.21. The van der Waals surface area contributed by atoms with Crippen molar-refractivity contribution < 1.29 is 19.1 Å². The lowest BCUT2D eigenvalue weighted by Gasteiger charge is -2.38. The van der Waals surface area contributed by atoms with Gasteiger partial charge in [0.25, 0.3) is 0 Å². The molecule has 4 heterocycles. The molecule has 210 valence electrons. The monoisotopic (exact) mass is 560 g/mol. The van der Waals surface area contributed by atoms with Gasteiger partial charge in [-0.2, -0.15) is 0 Å². The van der Waals surface area contributed by atoms with Gasteiger partial charge in [-0.15, -0.1) is 11.8 Å². The van der Waals surface area contributed by atoms with Crippen LogP contribution in [0.5, 0.6) is 0 Å². The van der Waals surface area contributed by atoms with Gasteiger partial charge in [0.15, 0.2) is 0 Å². The third-order valence-corrected chi connectivity index (χ3v) is 10.1. The number of rotatable bonds is 7. The van der Waals surface area contributed by atoms with Crippen molar-refractivity contribution in [2.75, 3.05) is 11.6 Å². The second-order valence-electron chi connectivity index (χ2n) is 11.6. The number of carbonyl (C=O) groups is 3. The third-order valence-electron chi connectivity index (χ3n) is 9.37. The van der Waals surface area contributed by atoms with Gasteiger partial charge in [0.05, 0.1) is 17.9 Å². The van der Waals surface area contributed by atoms with E-state index in [1.54, 1.807) is 29.1 Å². The number of aromatic nitrogens is 1. The van der Waals surface area contributed by atoms with Gasteiger partial charge in [0.1, 0.15) is 11.6 Å². The first kappa shape index (κ1) is 27.0. The minimum absolute atomic E-state index is 0.0347. The van der Waals surface area contributed by atoms with Gasteiger partial charge in [0.2, 0.25) is 17.7 Å². The molecule has 1 spiro atoms. The summed E-state index contributed by atoms with van der Waals surface area (Å²) in [7, 11) is 0. The maximum Gasteiger partial charge on any atom is 0.246 e. The highest BCUT2D eigenvalue weighted by Crippen LogP contribution is 2.55. The molecule has 2 bridgehead atoms. The van der Waals surface area contributed by atoms with Crippen LogP contribution in [0.2, 0.25) is 0 Å². The number of thioether (sulfide) groups is 1. The number of fused-ring (bicyclic) bond motifs is 1. The molecule has 8 atom stereocenters. The van der Waals surface area contributed by atoms with E-state index in [0.717, 1.165) is 29.7 Å². The SMILES string of the molecule is CSc1cccc(NC(=O)C2C3C=CC4(O3)C2C(=O)N(Cc2cccnc2)C4C(=O)NC2CCCC(C)C2C)c1. The van der Waals surface area contributed by atoms with Crippen molar-refractivity contribution in [1.29, 1.82) is 0 Å². The number of ether oxygens (including phenoxy) is 1. The second-order valence-corrected chi connectivity index (χ2v) is 12.5. The number of pyridine rings is 1. The fourth-order valence-electron chi connectivity index (χ4n) is 7.10. The molecular weight excluding hydrogens is 524 g/mol. The van der Waals surface area contributed by atoms with E-state index >= 15 is 0 Å². The number of amides is 3. The number of carbonyl (C=O) groups excluding carboxylic acids is 3. The maximum atomic E-state index is 14.2. The van der Waals surface area contributed by atoms with Crippen LogP contribution >= 0.6 is 11.8 Å². The summed E-state index contributed by atoms with van der Waals surface area (Å²) in [6.07, 6.45) is 11.6. The predicted molar refractivity (Wildman–Crippen MR) is 153 cm³/mol. The lowest BCUT2D eigenvalue weighted by atomic mass is 9.73. The van der Waals surface area contributed by atoms with Crippen LogP contribution in [0.3, 0.4) is 0 Å². The first-order valence-corrected chi connectivity index (χ1v) is 15.4. The zero-order valence-corrected chi connectivity index (χ0v) is 23.9. The Bertz CT molecular complexity index is 1340. The van der Waals surface area contributed by atoms with Crippen molar-refractivity contribution in [3.8, 4) is 0 Å². The van der Waals surface area contributed by atoms with Crippen LogP contribution in [0.1, 0.15) is 38.7 Å². The summed E-state index contributed by atoms with van der Waals surface area (Å²) in [4.78, 5) is 48.9. The Morgan fingerprint density at radius 2 is 2.02 bits per heavy atom. The van der Waals surface area contributed by atoms with Crippen molar-refractivity contribution in [3.05, 3.63) is 66.5 Å². The first-order valence-electron chi connectivity index (χ1n) is 14.1. The average molecular weight is 561 g/mol. The smallest absolute Gasteiger partial charge is 0.246 e. The number of hydrogen-bond acceptors (Lipinski definition) is 6. The second kappa shape index (κ2) is 10.7. The maximum absolute atomic E-state index is 14.2. The summed E-state index contributed by atoms with van der Waals surface area (Å²) in [5.74, 6) is -1.41. The van der Waals surface area contributed by atoms with Gasteiger partial charge >= 0.3 is 0 Å². The number of hydrogen-bond donors (Lipinski definition) is 2. The Morgan fingerprint density at radius 1 is 1.18 bits per heavy atom. The summed E-state index contributed by atoms with van der Waals surface area (Å²) in [6, 6.07) is 10.5. The number of likely N-dealkylation sites (tertiary alicyclic amines) is 1. The minimum Gasteiger partial charge on any atom is -0.359 e. The molecule has 2 aromatic rings. The van der Waals surface area contributed by atoms with Gasteiger partial charge in [-0.3, -0.25) is 19.4 Å². The van der Waals surface area contributed by atoms with Crippen LogP contribution in [0.25, 0.3) is 0 Å². The number of nitrogens with zero attached hydrogens (tertiary/aromatic N) is 2. The summed E-state index contributed by atoms with van der Waals surface area (Å²) in [5, 5.41) is 6.31. The van der Waals surface area contributed by atoms with E-state index in [-0.39, 0.29) is 30.3 Å². The van der Waals surface area contributed by atoms with Crippen molar-refractivity contribution in [3.63, 3.8) is 0 Å². The van der Waals surface area contributed by atoms with Crippen molar-refractivity contribution in [1.82, 2.24) is 15.2 Å². The van der Waals surface area contributed by atoms with Gasteiger partial charge in [-0.25, -0.2) is 0 Å². The molecule has 9 heteroatoms. The highest BCUT2D eigenvalue weighted by molar-refractivity contribution is 7.98. The molecule has 8 unspecified atom stereocenters. The zero-order valence-electron chi connectivity index (χ0n) is 23.1. The summed E-state index contributed by atoms with van der Waals surface area (Å²) < 4.78 is 6.49. The lowest BCUT2D eigenvalue weighted by molar-refractivity contribution is -0.142. The molecule has 40 heavy (non-hydrogen) atoms. The van der Waals surface area contributed by atoms with E-state index in [2.05, 4.69) is 29.5 Å². The van der Waals surface area contributed by atoms with Crippen LogP contribution in [-0.4, -0.2) is 57.6 Å². The molecule has 3 fully saturated rings. The van der Waals surface area contributed by atoms with E-state index in [4.69, 9.17) is 4.74 Å². The quantitative estimate of drug-likeness (QED) is 0.392. The topological polar surface area (TPSA) is 101 Å². The molecule has 4 aliphatic rings. The normalized spacial score (nSPS) is 34.1. The van der Waals surface area contributed by atoms with Crippen molar-refractivity contribution in [2.24, 2.45) is 23.7 Å². The summed E-state index contributed by atoms with van der Waals surface area (Å²) in [6.45, 7) is 4.63. The highest BCUT2D eigenvalue weighted by Gasteiger charge is 2.72. The van der Waals surface area contributed by atoms with Crippen molar-refractivity contribution >= 4 is 35.2 Å². The number of anilines is 1. The molecule has 6 rings (SSSR count). The number of nitrogens with one attached hydrogen (secondary N) is 2. The number of benzene rings is 1. The molecule has 2 N–H and O–H groups in total. The molecule has 2 saturated heterocycles. The predicted octanol–water partition coefficient (Wildman–Crippen LogP) is 4.03. The van der Waals surface area contributed by atoms with E-state index in [0.29, 0.717) is 17.5 Å². The molecule has 1 saturated carbocycles. The molecule has 1 aromatic heterocycles. The fourth-order valence-corrected chi connectivity index (χ4v) is 7.56. The Hall–Kier alpha value is -3.17. The highest BCUT2D eigenvalue weighted by atomic mass is 32.2. The van der Waals surface area contributed by atoms with Crippen molar-refractivity contribution in [2.45, 2.75) is 68.3 Å². The summed E-state index contributed by atoms with van der Waals surface area (Å²) in [5.41, 5.74) is 0.295. The Morgan fingerprint density at radius 3 is 2.80 bits per heavy atom. The van der Waals surface area contributed by atoms with E-state index < -0.39 is 29.6 Å². The van der Waals surface area contributed by atoms with Crippen LogP contribution < -0.4 is 10.6 Å². The molecule has 1 aromatic carbocycles. The average Bonchev–Trinajstić information content (AvgIpc) is 3.59. The third kappa shape index (κ3) is 4.53. The molecule has 3 amide bonds. The van der Waals surface area contributed by atoms with Crippen LogP contribution in [-0.2, 0) is 25.7 Å². The molecule has 1 aliphatic carbocycles. The van der Waals surface area contributed by atoms with E-state index in [1.165, 1.54) is 0 Å². The van der Waals surface area contributed by atoms with E-state index in [9.17, 15) is 14.4 Å². The standard InChI is InChI=1S/C31H36N4O4S/c1-18-7-4-11-23(19(18)2)34-29(37)27-31-13-12-24(39-31)25(28(36)33-21-9-5-10-22(15-21)40-3)26(31)30(38)35(27)17-20-8-6-14-32-16-20/h5-6,8-10,12-16,18-19,23-27H,4,7,11,17H2,1-3H3,(H,33,36)(H,34,37). The molecule has 0 radical (unpaired) electrons. The zero-order chi connectivity index (χ0) is 28.0. The molecule has 3 aliphatic heterocycles. The van der Waals surface area contributed by atoms with Gasteiger partial charge in [-0.05, 0) is 54.3 Å². The Labute approximate surface area is 239 Å². The van der Waals surface area contributed by atoms with Crippen LogP contribution in [0.4, 0.5) is 5.69 Å². The lowest BCUT2D eigenvalue weighted by Crippen LogP contribution is -2.57. The minimum atomic E-state index is -1.19. The van der Waals surface area contributed by atoms with Gasteiger partial charge in [-0.1, -0.05) is 51.0 Å².